The molecule has 0 radical (unpaired) electrons. The predicted molar refractivity (Wildman–Crippen MR) is 232 cm³/mol. The van der Waals surface area contributed by atoms with Crippen molar-refractivity contribution in [1.29, 1.82) is 0 Å². The van der Waals surface area contributed by atoms with Crippen molar-refractivity contribution in [2.24, 2.45) is 7.05 Å². The van der Waals surface area contributed by atoms with Crippen molar-refractivity contribution in [3.8, 4) is 39.3 Å². The molecule has 3 nitrogen and oxygen atoms in total. The van der Waals surface area contributed by atoms with Crippen LogP contribution in [0.2, 0.25) is 0 Å². The highest BCUT2D eigenvalue weighted by Gasteiger charge is 2.34. The van der Waals surface area contributed by atoms with Gasteiger partial charge in [0.25, 0.3) is 5.82 Å². The number of rotatable bonds is 7. The quantitative estimate of drug-likeness (QED) is 0.150. The first-order valence-corrected chi connectivity index (χ1v) is 20.1. The lowest BCUT2D eigenvalue weighted by Crippen LogP contribution is -2.30. The lowest BCUT2D eigenvalue weighted by molar-refractivity contribution is -0.633. The van der Waals surface area contributed by atoms with Crippen molar-refractivity contribution in [2.45, 2.75) is 91.3 Å². The maximum Gasteiger partial charge on any atom is 0.299 e. The molecule has 1 saturated carbocycles. The average Bonchev–Trinajstić information content (AvgIpc) is 3.74. The second-order valence-electron chi connectivity index (χ2n) is 16.3. The first kappa shape index (κ1) is 30.9. The van der Waals surface area contributed by atoms with Crippen LogP contribution in [0.1, 0.15) is 111 Å². The first-order valence-electron chi connectivity index (χ1n) is 22.1. The molecule has 8 aromatic rings. The summed E-state index contributed by atoms with van der Waals surface area (Å²) in [4.78, 5) is 0. The summed E-state index contributed by atoms with van der Waals surface area (Å²) in [7, 11) is 2.17. The maximum absolute atomic E-state index is 9.70. The van der Waals surface area contributed by atoms with E-state index in [-0.39, 0.29) is 11.8 Å². The molecule has 0 unspecified atom stereocenters. The summed E-state index contributed by atoms with van der Waals surface area (Å²) >= 11 is 0. The molecular formula is C52H53N2O+. The Morgan fingerprint density at radius 2 is 1.36 bits per heavy atom. The third-order valence-corrected chi connectivity index (χ3v) is 12.0. The molecule has 9 rings (SSSR count). The van der Waals surface area contributed by atoms with Crippen LogP contribution in [0.5, 0.6) is 0 Å². The van der Waals surface area contributed by atoms with Gasteiger partial charge in [-0.3, -0.25) is 0 Å². The van der Waals surface area contributed by atoms with E-state index < -0.39 is 12.7 Å². The van der Waals surface area contributed by atoms with Crippen LogP contribution in [-0.4, -0.2) is 4.57 Å². The van der Waals surface area contributed by atoms with Crippen LogP contribution >= 0.6 is 0 Å². The Morgan fingerprint density at radius 1 is 0.709 bits per heavy atom. The van der Waals surface area contributed by atoms with Crippen LogP contribution in [0.3, 0.4) is 0 Å². The van der Waals surface area contributed by atoms with E-state index in [0.717, 1.165) is 97.9 Å². The van der Waals surface area contributed by atoms with Gasteiger partial charge in [0.05, 0.1) is 7.05 Å². The molecule has 0 spiro atoms. The average molecular weight is 726 g/mol. The molecule has 55 heavy (non-hydrogen) atoms. The van der Waals surface area contributed by atoms with Gasteiger partial charge in [-0.1, -0.05) is 132 Å². The highest BCUT2D eigenvalue weighted by Crippen LogP contribution is 2.44. The molecule has 2 heterocycles. The maximum atomic E-state index is 9.70. The van der Waals surface area contributed by atoms with E-state index in [4.69, 9.17) is 8.53 Å². The summed E-state index contributed by atoms with van der Waals surface area (Å²) in [5.74, 6) is 0.946. The molecule has 2 aromatic heterocycles. The molecule has 0 bridgehead atoms. The van der Waals surface area contributed by atoms with Crippen molar-refractivity contribution in [1.82, 2.24) is 4.57 Å². The topological polar surface area (TPSA) is 21.9 Å². The summed E-state index contributed by atoms with van der Waals surface area (Å²) < 4.78 is 46.4. The fraction of sp³-hybridized carbons (Fsp3) is 0.288. The van der Waals surface area contributed by atoms with Gasteiger partial charge in [-0.2, -0.15) is 4.57 Å². The number of imidazole rings is 1. The summed E-state index contributed by atoms with van der Waals surface area (Å²) in [6.07, 6.45) is 5.24. The standard InChI is InChI=1S/C52H53N2O/c1-32(2)43-29-40(36-16-10-8-11-17-36)30-44(33(3)4)50(43)54-47-21-15-14-20-46(47)53(7)52(54)49-35(6)23-26-42-41-27-25-39(31-48(41)55-51(42)49)38-24-22-34(5)45(28-38)37-18-12-9-13-19-37/h9,12-15,18-33,36H,8,10-11,16-17H2,1-7H3/q+1/i5D3,36D. The Bertz CT molecular complexity index is 2860. The predicted octanol–water partition coefficient (Wildman–Crippen LogP) is 14.3. The van der Waals surface area contributed by atoms with Crippen LogP contribution in [0.4, 0.5) is 0 Å². The number of aryl methyl sites for hydroxylation is 3. The second-order valence-corrected chi connectivity index (χ2v) is 16.3. The van der Waals surface area contributed by atoms with E-state index in [1.807, 2.05) is 42.5 Å². The van der Waals surface area contributed by atoms with Crippen molar-refractivity contribution in [3.05, 3.63) is 143 Å². The molecule has 0 saturated heterocycles. The zero-order valence-corrected chi connectivity index (χ0v) is 33.0. The van der Waals surface area contributed by atoms with Crippen molar-refractivity contribution >= 4 is 33.0 Å². The molecule has 0 aliphatic heterocycles. The minimum Gasteiger partial charge on any atom is -0.455 e. The second kappa shape index (κ2) is 14.0. The van der Waals surface area contributed by atoms with Crippen LogP contribution in [0.15, 0.2) is 120 Å². The van der Waals surface area contributed by atoms with E-state index in [2.05, 4.69) is 118 Å². The van der Waals surface area contributed by atoms with Gasteiger partial charge < -0.3 is 4.42 Å². The molecule has 0 N–H and O–H groups in total. The lowest BCUT2D eigenvalue weighted by Gasteiger charge is -2.26. The number of fused-ring (bicyclic) bond motifs is 4. The zero-order chi connectivity index (χ0) is 41.4. The molecule has 1 aliphatic carbocycles. The molecule has 1 fully saturated rings. The van der Waals surface area contributed by atoms with Crippen molar-refractivity contribution in [2.75, 3.05) is 0 Å². The van der Waals surface area contributed by atoms with Gasteiger partial charge >= 0.3 is 0 Å². The Labute approximate surface area is 331 Å². The Hall–Kier alpha value is -5.41. The van der Waals surface area contributed by atoms with Crippen LogP contribution < -0.4 is 4.57 Å². The Balaban J connectivity index is 1.28. The Kier molecular flexibility index (Phi) is 7.87. The smallest absolute Gasteiger partial charge is 0.299 e. The number of benzene rings is 6. The number of hydrogen-bond acceptors (Lipinski definition) is 1. The summed E-state index contributed by atoms with van der Waals surface area (Å²) in [5.41, 5.74) is 14.7. The van der Waals surface area contributed by atoms with Gasteiger partial charge in [0.2, 0.25) is 0 Å². The molecule has 0 amide bonds. The number of furan rings is 1. The van der Waals surface area contributed by atoms with Crippen molar-refractivity contribution in [3.63, 3.8) is 0 Å². The van der Waals surface area contributed by atoms with Gasteiger partial charge in [-0.25, -0.2) is 4.57 Å². The highest BCUT2D eigenvalue weighted by atomic mass is 16.3. The third-order valence-electron chi connectivity index (χ3n) is 12.0. The fourth-order valence-electron chi connectivity index (χ4n) is 9.09. The molecule has 0 atom stereocenters. The molecule has 276 valence electrons. The van der Waals surface area contributed by atoms with Gasteiger partial charge in [0.15, 0.2) is 16.6 Å². The van der Waals surface area contributed by atoms with E-state index >= 15 is 0 Å². The van der Waals surface area contributed by atoms with Gasteiger partial charge in [0.1, 0.15) is 16.8 Å². The van der Waals surface area contributed by atoms with Crippen LogP contribution in [-0.2, 0) is 7.05 Å². The number of aromatic nitrogens is 2. The van der Waals surface area contributed by atoms with E-state index in [9.17, 15) is 1.37 Å². The molecular weight excluding hydrogens is 669 g/mol. The summed E-state index contributed by atoms with van der Waals surface area (Å²) in [5, 5.41) is 2.07. The minimum atomic E-state index is -2.24. The monoisotopic (exact) mass is 725 g/mol. The van der Waals surface area contributed by atoms with E-state index in [1.54, 1.807) is 6.07 Å². The first-order chi connectivity index (χ1) is 28.2. The number of hydrogen-bond donors (Lipinski definition) is 0. The Morgan fingerprint density at radius 3 is 2.09 bits per heavy atom. The molecule has 3 heteroatoms. The van der Waals surface area contributed by atoms with Crippen LogP contribution in [0, 0.1) is 13.8 Å². The number of para-hydroxylation sites is 2. The lowest BCUT2D eigenvalue weighted by atomic mass is 9.80. The fourth-order valence-corrected chi connectivity index (χ4v) is 9.09. The normalized spacial score (nSPS) is 15.9. The van der Waals surface area contributed by atoms with E-state index in [0.29, 0.717) is 11.1 Å². The van der Waals surface area contributed by atoms with E-state index in [1.165, 1.54) is 23.2 Å². The van der Waals surface area contributed by atoms with Crippen LogP contribution in [0.25, 0.3) is 72.3 Å². The summed E-state index contributed by atoms with van der Waals surface area (Å²) in [6.45, 7) is 9.09. The zero-order valence-electron chi connectivity index (χ0n) is 37.0. The summed E-state index contributed by atoms with van der Waals surface area (Å²) in [6, 6.07) is 39.6. The number of nitrogens with zero attached hydrogens (tertiary/aromatic N) is 2. The van der Waals surface area contributed by atoms with Gasteiger partial charge in [-0.05, 0) is 114 Å². The molecule has 1 aliphatic rings. The largest absolute Gasteiger partial charge is 0.455 e. The third kappa shape index (κ3) is 6.00. The van der Waals surface area contributed by atoms with Gasteiger partial charge in [0, 0.05) is 27.4 Å². The minimum absolute atomic E-state index is 0.228. The SMILES string of the molecule is [2H]C([2H])([2H])c1ccc(-c2ccc3c(c2)oc2c(-c4n(-c5c(C(C)C)cc(C6([2H])CCCCC6)cc5C(C)C)c5ccccc5[n+]4C)c(C)ccc23)cc1-c1ccccc1. The van der Waals surface area contributed by atoms with Gasteiger partial charge in [-0.15, -0.1) is 0 Å². The van der Waals surface area contributed by atoms with Crippen molar-refractivity contribution < 1.29 is 14.5 Å². The highest BCUT2D eigenvalue weighted by molar-refractivity contribution is 6.10. The molecule has 6 aromatic carbocycles.